The maximum atomic E-state index is 14.2. The maximum Gasteiger partial charge on any atom is 0.326 e. The highest BCUT2D eigenvalue weighted by atomic mass is 35.5. The van der Waals surface area contributed by atoms with E-state index in [0.717, 1.165) is 5.56 Å². The van der Waals surface area contributed by atoms with E-state index in [-0.39, 0.29) is 35.8 Å². The van der Waals surface area contributed by atoms with E-state index in [9.17, 15) is 19.7 Å². The van der Waals surface area contributed by atoms with Gasteiger partial charge >= 0.3 is 6.03 Å². The number of amides is 3. The van der Waals surface area contributed by atoms with Crippen LogP contribution in [0.4, 0.5) is 10.5 Å². The first-order chi connectivity index (χ1) is 19.1. The van der Waals surface area contributed by atoms with E-state index < -0.39 is 23.0 Å². The molecule has 3 heterocycles. The van der Waals surface area contributed by atoms with Crippen LogP contribution in [0, 0.1) is 10.1 Å². The number of carbonyl (C=O) groups excluding carboxylic acids is 2. The summed E-state index contributed by atoms with van der Waals surface area (Å²) >= 11 is 6.17. The number of aryl methyl sites for hydroxylation is 1. The van der Waals surface area contributed by atoms with E-state index in [1.54, 1.807) is 30.1 Å². The zero-order chi connectivity index (χ0) is 28.6. The molecule has 12 nitrogen and oxygen atoms in total. The van der Waals surface area contributed by atoms with Crippen LogP contribution in [0.1, 0.15) is 42.8 Å². The van der Waals surface area contributed by atoms with Crippen LogP contribution in [-0.4, -0.2) is 68.0 Å². The molecular formula is C27H28ClN7O5. The Balaban J connectivity index is 1.71. The predicted molar refractivity (Wildman–Crippen MR) is 147 cm³/mol. The molecule has 0 aliphatic carbocycles. The Morgan fingerprint density at radius 3 is 2.58 bits per heavy atom. The summed E-state index contributed by atoms with van der Waals surface area (Å²) in [6.07, 6.45) is 1.47. The number of carbonyl (C=O) groups is 2. The number of nitro benzene ring substituents is 1. The van der Waals surface area contributed by atoms with Gasteiger partial charge in [0.05, 0.1) is 28.4 Å². The Labute approximate surface area is 235 Å². The summed E-state index contributed by atoms with van der Waals surface area (Å²) in [6.45, 7) is 4.13. The molecule has 2 aliphatic heterocycles. The number of non-ortho nitro benzene ring substituents is 1. The quantitative estimate of drug-likeness (QED) is 0.356. The van der Waals surface area contributed by atoms with Gasteiger partial charge in [-0.25, -0.2) is 4.79 Å². The minimum atomic E-state index is -0.683. The second-order valence-corrected chi connectivity index (χ2v) is 10.3. The highest BCUT2D eigenvalue weighted by molar-refractivity contribution is 6.30. The number of nitrogens with zero attached hydrogens (tertiary/aromatic N) is 6. The SMILES string of the molecule is CC(C)Oc1cc([N+](=O)[O-])ccc1C1=N[C@@H](c2ccc(Cl)cc2)[C@@H](c2ccn(C)n2)N1C(=O)N1CCNC(=O)C1. The van der Waals surface area contributed by atoms with Crippen molar-refractivity contribution < 1.29 is 19.2 Å². The molecule has 3 aromatic rings. The summed E-state index contributed by atoms with van der Waals surface area (Å²) in [5.41, 5.74) is 1.63. The number of halogens is 1. The molecule has 2 aliphatic rings. The van der Waals surface area contributed by atoms with Gasteiger partial charge < -0.3 is 15.0 Å². The molecule has 0 bridgehead atoms. The van der Waals surface area contributed by atoms with Gasteiger partial charge in [-0.1, -0.05) is 23.7 Å². The van der Waals surface area contributed by atoms with Crippen LogP contribution in [0.25, 0.3) is 0 Å². The van der Waals surface area contributed by atoms with E-state index in [1.165, 1.54) is 28.0 Å². The molecular weight excluding hydrogens is 538 g/mol. The van der Waals surface area contributed by atoms with E-state index in [4.69, 9.17) is 21.3 Å². The van der Waals surface area contributed by atoms with Crippen LogP contribution in [0.5, 0.6) is 5.75 Å². The first kappa shape index (κ1) is 27.1. The lowest BCUT2D eigenvalue weighted by Gasteiger charge is -2.35. The summed E-state index contributed by atoms with van der Waals surface area (Å²) < 4.78 is 7.64. The highest BCUT2D eigenvalue weighted by Gasteiger charge is 2.46. The van der Waals surface area contributed by atoms with Crippen molar-refractivity contribution in [2.75, 3.05) is 19.6 Å². The lowest BCUT2D eigenvalue weighted by Crippen LogP contribution is -2.55. The molecule has 40 heavy (non-hydrogen) atoms. The van der Waals surface area contributed by atoms with Gasteiger partial charge in [0.2, 0.25) is 5.91 Å². The van der Waals surface area contributed by atoms with Gasteiger partial charge in [-0.15, -0.1) is 0 Å². The number of hydrogen-bond donors (Lipinski definition) is 1. The van der Waals surface area contributed by atoms with Crippen molar-refractivity contribution >= 4 is 35.1 Å². The van der Waals surface area contributed by atoms with Crippen LogP contribution in [-0.2, 0) is 11.8 Å². The molecule has 0 radical (unpaired) electrons. The molecule has 208 valence electrons. The minimum absolute atomic E-state index is 0.112. The number of aromatic nitrogens is 2. The molecule has 3 amide bonds. The van der Waals surface area contributed by atoms with Crippen molar-refractivity contribution in [2.24, 2.45) is 12.0 Å². The maximum absolute atomic E-state index is 14.2. The number of rotatable bonds is 6. The largest absolute Gasteiger partial charge is 0.490 e. The normalized spacial score (nSPS) is 19.0. The van der Waals surface area contributed by atoms with Gasteiger partial charge in [-0.3, -0.25) is 29.5 Å². The number of ether oxygens (including phenoxy) is 1. The van der Waals surface area contributed by atoms with Crippen LogP contribution in [0.15, 0.2) is 59.7 Å². The lowest BCUT2D eigenvalue weighted by atomic mass is 9.97. The topological polar surface area (TPSA) is 135 Å². The predicted octanol–water partition coefficient (Wildman–Crippen LogP) is 3.87. The molecule has 13 heteroatoms. The molecule has 2 aromatic carbocycles. The molecule has 1 aromatic heterocycles. The van der Waals surface area contributed by atoms with Crippen molar-refractivity contribution in [3.05, 3.63) is 86.7 Å². The van der Waals surface area contributed by atoms with Gasteiger partial charge in [-0.05, 0) is 43.7 Å². The Morgan fingerprint density at radius 1 is 1.20 bits per heavy atom. The van der Waals surface area contributed by atoms with Crippen molar-refractivity contribution in [3.8, 4) is 5.75 Å². The van der Waals surface area contributed by atoms with Gasteiger partial charge in [0.25, 0.3) is 5.69 Å². The zero-order valence-corrected chi connectivity index (χ0v) is 22.9. The summed E-state index contributed by atoms with van der Waals surface area (Å²) in [7, 11) is 1.78. The monoisotopic (exact) mass is 565 g/mol. The van der Waals surface area contributed by atoms with Crippen LogP contribution < -0.4 is 10.1 Å². The number of aliphatic imine (C=N–C) groups is 1. The van der Waals surface area contributed by atoms with Crippen molar-refractivity contribution in [2.45, 2.75) is 32.0 Å². The molecule has 0 spiro atoms. The van der Waals surface area contributed by atoms with E-state index in [1.807, 2.05) is 32.0 Å². The molecule has 1 N–H and O–H groups in total. The number of urea groups is 1. The fourth-order valence-corrected chi connectivity index (χ4v) is 4.99. The fraction of sp³-hybridized carbons (Fsp3) is 0.333. The molecule has 0 saturated carbocycles. The molecule has 0 unspecified atom stereocenters. The third-order valence-electron chi connectivity index (χ3n) is 6.61. The number of benzene rings is 2. The van der Waals surface area contributed by atoms with E-state index >= 15 is 0 Å². The summed E-state index contributed by atoms with van der Waals surface area (Å²) in [5.74, 6) is 0.214. The van der Waals surface area contributed by atoms with Gasteiger partial charge in [-0.2, -0.15) is 5.10 Å². The Morgan fingerprint density at radius 2 is 1.95 bits per heavy atom. The number of nitrogens with one attached hydrogen (secondary N) is 1. The smallest absolute Gasteiger partial charge is 0.326 e. The fourth-order valence-electron chi connectivity index (χ4n) is 4.86. The lowest BCUT2D eigenvalue weighted by molar-refractivity contribution is -0.384. The number of hydrogen-bond acceptors (Lipinski definition) is 7. The number of nitro groups is 1. The zero-order valence-electron chi connectivity index (χ0n) is 22.2. The Kier molecular flexibility index (Phi) is 7.44. The van der Waals surface area contributed by atoms with Gasteiger partial charge in [0.1, 0.15) is 30.2 Å². The van der Waals surface area contributed by atoms with E-state index in [0.29, 0.717) is 29.4 Å². The van der Waals surface area contributed by atoms with Gasteiger partial charge in [0, 0.05) is 37.4 Å². The minimum Gasteiger partial charge on any atom is -0.490 e. The summed E-state index contributed by atoms with van der Waals surface area (Å²) in [6, 6.07) is 11.5. The first-order valence-corrected chi connectivity index (χ1v) is 13.1. The average Bonchev–Trinajstić information content (AvgIpc) is 3.52. The first-order valence-electron chi connectivity index (χ1n) is 12.8. The standard InChI is InChI=1S/C27H28ClN7O5/c1-16(2)40-22-14-19(35(38)39)8-9-20(22)26-30-24(17-4-6-18(28)7-5-17)25(21-10-12-32(3)31-21)34(26)27(37)33-13-11-29-23(36)15-33/h4-10,12,14,16,24-25H,11,13,15H2,1-3H3,(H,29,36)/t24-,25+/m0/s1. The third-order valence-corrected chi connectivity index (χ3v) is 6.86. The molecule has 2 atom stereocenters. The molecule has 5 rings (SSSR count). The third kappa shape index (κ3) is 5.34. The second kappa shape index (κ2) is 11.0. The van der Waals surface area contributed by atoms with Gasteiger partial charge in [0.15, 0.2) is 0 Å². The molecule has 1 saturated heterocycles. The second-order valence-electron chi connectivity index (χ2n) is 9.84. The number of piperazine rings is 1. The van der Waals surface area contributed by atoms with Crippen LogP contribution in [0.2, 0.25) is 5.02 Å². The number of amidine groups is 1. The van der Waals surface area contributed by atoms with Crippen LogP contribution in [0.3, 0.4) is 0 Å². The van der Waals surface area contributed by atoms with Crippen molar-refractivity contribution in [1.29, 1.82) is 0 Å². The van der Waals surface area contributed by atoms with Crippen molar-refractivity contribution in [1.82, 2.24) is 24.9 Å². The van der Waals surface area contributed by atoms with Crippen molar-refractivity contribution in [3.63, 3.8) is 0 Å². The van der Waals surface area contributed by atoms with E-state index in [2.05, 4.69) is 10.4 Å². The summed E-state index contributed by atoms with van der Waals surface area (Å²) in [4.78, 5) is 45.6. The highest BCUT2D eigenvalue weighted by Crippen LogP contribution is 2.45. The molecule has 1 fully saturated rings. The Bertz CT molecular complexity index is 1490. The summed E-state index contributed by atoms with van der Waals surface area (Å²) in [5, 5.41) is 19.5. The Hall–Kier alpha value is -4.45. The average molecular weight is 566 g/mol. The van der Waals surface area contributed by atoms with Crippen LogP contribution >= 0.6 is 11.6 Å².